The predicted octanol–water partition coefficient (Wildman–Crippen LogP) is 5.58. The number of carbonyl (C=O) groups is 13. The number of nitrogens with zero attached hydrogens (tertiary/aromatic N) is 4. The van der Waals surface area contributed by atoms with Crippen LogP contribution in [0.2, 0.25) is 0 Å². The molecule has 0 aromatic heterocycles. The summed E-state index contributed by atoms with van der Waals surface area (Å²) in [5.41, 5.74) is 11.5. The monoisotopic (exact) mass is 1510 g/mol. The maximum atomic E-state index is 14.9. The van der Waals surface area contributed by atoms with Gasteiger partial charge < -0.3 is 72.1 Å². The summed E-state index contributed by atoms with van der Waals surface area (Å²) in [5, 5.41) is 16.0. The highest BCUT2D eigenvalue weighted by Gasteiger charge is 2.49. The number of methoxy groups -OCH3 is 3. The van der Waals surface area contributed by atoms with Gasteiger partial charge in [-0.05, 0) is 123 Å². The number of urea groups is 1. The number of halogens is 1. The maximum absolute atomic E-state index is 14.9. The number of primary amides is 2. The molecule has 3 fully saturated rings. The summed E-state index contributed by atoms with van der Waals surface area (Å²) in [5.74, 6) is -7.29. The third-order valence-electron chi connectivity index (χ3n) is 20.4. The quantitative estimate of drug-likeness (QED) is 0.0228. The Balaban J connectivity index is 1.16. The summed E-state index contributed by atoms with van der Waals surface area (Å²) < 4.78 is 37.1. The summed E-state index contributed by atoms with van der Waals surface area (Å²) >= 11 is 1.40. The van der Waals surface area contributed by atoms with Gasteiger partial charge in [0.1, 0.15) is 36.6 Å². The van der Waals surface area contributed by atoms with Crippen LogP contribution in [0.3, 0.4) is 0 Å². The lowest BCUT2D eigenvalue weighted by Gasteiger charge is -2.41. The molecule has 1 saturated carbocycles. The number of hydrogen-bond donors (Lipinski definition) is 8. The normalized spacial score (nSPS) is 19.0. The van der Waals surface area contributed by atoms with Gasteiger partial charge in [-0.3, -0.25) is 62.5 Å². The SMILES string of the molecule is CC[C@H](C)[C@@H]([C@@H](CC(=O)N1C[C@H](OC)C[C@H]1[C@H](OC)[C@@H](C)C(=O)N[C@@H](C)C(=O)c1ccc(F)cc1)OC)N(C)C(=O)[C@@H](NC(=O)[C@H](C(C)C)N(C)C(=O)OCc1ccc(NC(=O)[C@H](CCCNC(N)=O)NC(=O)[C@@H](NC(=O)CCCCCN2C(=O)CC(SCC3(CC(N)=O)CC3)C2=O)C(C)C)cc1)C(C)C. The van der Waals surface area contributed by atoms with Crippen LogP contribution >= 0.6 is 11.8 Å². The first-order valence-corrected chi connectivity index (χ1v) is 37.8. The molecule has 13 amide bonds. The molecule has 2 aromatic rings. The summed E-state index contributed by atoms with van der Waals surface area (Å²) in [6.45, 7) is 17.8. The van der Waals surface area contributed by atoms with E-state index < -0.39 is 149 Å². The largest absolute Gasteiger partial charge is 0.445 e. The van der Waals surface area contributed by atoms with Gasteiger partial charge in [0.2, 0.25) is 59.1 Å². The minimum atomic E-state index is -1.14. The maximum Gasteiger partial charge on any atom is 0.410 e. The van der Waals surface area contributed by atoms with E-state index in [4.69, 9.17) is 30.4 Å². The summed E-state index contributed by atoms with van der Waals surface area (Å²) in [4.78, 5) is 180. The Morgan fingerprint density at radius 3 is 1.95 bits per heavy atom. The number of anilines is 1. The molecular formula is C75H115FN12O17S. The van der Waals surface area contributed by atoms with Gasteiger partial charge in [0, 0.05) is 91.3 Å². The molecule has 2 aromatic carbocycles. The molecule has 3 aliphatic rings. The molecular weight excluding hydrogens is 1390 g/mol. The van der Waals surface area contributed by atoms with Crippen molar-refractivity contribution >= 4 is 94.4 Å². The molecule has 2 heterocycles. The van der Waals surface area contributed by atoms with Crippen LogP contribution in [0.15, 0.2) is 48.5 Å². The van der Waals surface area contributed by atoms with Crippen LogP contribution in [0.5, 0.6) is 0 Å². The first kappa shape index (κ1) is 88.3. The van der Waals surface area contributed by atoms with Crippen molar-refractivity contribution in [3.05, 3.63) is 65.5 Å². The van der Waals surface area contributed by atoms with Crippen LogP contribution in [0.25, 0.3) is 0 Å². The number of thioether (sulfide) groups is 1. The Morgan fingerprint density at radius 1 is 0.736 bits per heavy atom. The van der Waals surface area contributed by atoms with Crippen LogP contribution in [-0.4, -0.2) is 223 Å². The standard InChI is InChI=1S/C75H115FN12O17S/c1-16-45(8)64(55(103-14)36-59(91)88-39-52(102-13)35-54(88)66(104-15)46(9)67(94)80-47(10)65(93)49-25-27-50(76)28-26-49)85(11)72(99)62(43(4)5)84-70(97)63(44(6)7)86(12)74(101)105-40-48-23-29-51(30-24-48)81-68(95)53(21-20-33-79-73(78)100)82-69(96)61(42(2)3)83-58(90)22-18-17-19-34-87-60(92)37-56(71(87)98)106-41-75(31-32-75)38-57(77)89/h23-30,42-47,52-56,61-64,66H,16-22,31-41H2,1-15H3,(H2,77,89)(H,80,94)(H,81,95)(H,82,96)(H,83,90)(H,84,97)(H3,78,79,100)/t45-,46+,47-,52+,53-,54-,55+,56?,61-,62-,63-,64-,66+/m0/s1. The summed E-state index contributed by atoms with van der Waals surface area (Å²) in [7, 11) is 7.43. The van der Waals surface area contributed by atoms with Gasteiger partial charge >= 0.3 is 12.1 Å². The van der Waals surface area contributed by atoms with Gasteiger partial charge in [-0.15, -0.1) is 11.8 Å². The van der Waals surface area contributed by atoms with Crippen molar-refractivity contribution in [1.82, 2.24) is 46.2 Å². The molecule has 31 heteroatoms. The third-order valence-corrected chi connectivity index (χ3v) is 21.9. The lowest BCUT2D eigenvalue weighted by atomic mass is 9.89. The zero-order valence-electron chi connectivity index (χ0n) is 64.3. The number of amides is 13. The number of ether oxygens (including phenoxy) is 4. The Bertz CT molecular complexity index is 3360. The third kappa shape index (κ3) is 25.4. The number of nitrogens with two attached hydrogens (primary N) is 2. The fraction of sp³-hybridized carbons (Fsp3) is 0.667. The van der Waals surface area contributed by atoms with Crippen molar-refractivity contribution in [2.24, 2.45) is 46.5 Å². The number of rotatable bonds is 44. The molecule has 0 bridgehead atoms. The lowest BCUT2D eigenvalue weighted by molar-refractivity contribution is -0.148. The van der Waals surface area contributed by atoms with Crippen LogP contribution in [0.4, 0.5) is 19.7 Å². The first-order chi connectivity index (χ1) is 50.0. The van der Waals surface area contributed by atoms with E-state index in [-0.39, 0.29) is 105 Å². The van der Waals surface area contributed by atoms with Crippen molar-refractivity contribution < 1.29 is 85.7 Å². The molecule has 1 unspecified atom stereocenters. The second-order valence-electron chi connectivity index (χ2n) is 29.5. The number of nitrogens with one attached hydrogen (secondary N) is 6. The number of imide groups is 1. The summed E-state index contributed by atoms with van der Waals surface area (Å²) in [6.07, 6.45) is 1.54. The van der Waals surface area contributed by atoms with Gasteiger partial charge in [-0.25, -0.2) is 14.0 Å². The van der Waals surface area contributed by atoms with E-state index in [9.17, 15) is 66.7 Å². The molecule has 106 heavy (non-hydrogen) atoms. The predicted molar refractivity (Wildman–Crippen MR) is 396 cm³/mol. The number of likely N-dealkylation sites (N-methyl/N-ethyl adjacent to an activating group) is 2. The minimum absolute atomic E-state index is 0.0530. The van der Waals surface area contributed by atoms with Crippen LogP contribution in [0.1, 0.15) is 169 Å². The van der Waals surface area contributed by atoms with E-state index in [0.717, 1.165) is 29.9 Å². The van der Waals surface area contributed by atoms with Crippen LogP contribution < -0.4 is 43.4 Å². The van der Waals surface area contributed by atoms with Crippen molar-refractivity contribution in [3.63, 3.8) is 0 Å². The zero-order chi connectivity index (χ0) is 79.0. The van der Waals surface area contributed by atoms with Crippen molar-refractivity contribution in [2.75, 3.05) is 66.1 Å². The molecule has 2 saturated heterocycles. The fourth-order valence-electron chi connectivity index (χ4n) is 13.7. The lowest BCUT2D eigenvalue weighted by Crippen LogP contribution is -2.60. The minimum Gasteiger partial charge on any atom is -0.445 e. The Kier molecular flexibility index (Phi) is 34.8. The highest BCUT2D eigenvalue weighted by atomic mass is 32.2. The van der Waals surface area contributed by atoms with Crippen LogP contribution in [-0.2, 0) is 73.5 Å². The molecule has 0 radical (unpaired) electrons. The highest BCUT2D eigenvalue weighted by molar-refractivity contribution is 8.00. The second-order valence-corrected chi connectivity index (χ2v) is 30.7. The van der Waals surface area contributed by atoms with E-state index in [1.807, 2.05) is 13.8 Å². The molecule has 2 aliphatic heterocycles. The molecule has 5 rings (SSSR count). The van der Waals surface area contributed by atoms with Crippen LogP contribution in [0, 0.1) is 40.8 Å². The Labute approximate surface area is 626 Å². The number of likely N-dealkylation sites (tertiary alicyclic amines) is 2. The highest BCUT2D eigenvalue weighted by Crippen LogP contribution is 2.52. The van der Waals surface area contributed by atoms with Crippen molar-refractivity contribution in [1.29, 1.82) is 0 Å². The summed E-state index contributed by atoms with van der Waals surface area (Å²) in [6, 6.07) is 3.83. The average molecular weight is 1510 g/mol. The average Bonchev–Trinajstić information content (AvgIpc) is 1.54. The fourth-order valence-corrected chi connectivity index (χ4v) is 15.2. The number of hydrogen-bond acceptors (Lipinski definition) is 18. The van der Waals surface area contributed by atoms with Crippen molar-refractivity contribution in [2.45, 2.75) is 225 Å². The molecule has 0 spiro atoms. The van der Waals surface area contributed by atoms with E-state index in [1.54, 1.807) is 84.7 Å². The van der Waals surface area contributed by atoms with Gasteiger partial charge in [-0.1, -0.05) is 87.3 Å². The second kappa shape index (κ2) is 41.7. The van der Waals surface area contributed by atoms with E-state index >= 15 is 0 Å². The topological polar surface area (TPSA) is 396 Å². The molecule has 10 N–H and O–H groups in total. The van der Waals surface area contributed by atoms with Gasteiger partial charge in [0.15, 0.2) is 5.78 Å². The van der Waals surface area contributed by atoms with Gasteiger partial charge in [-0.2, -0.15) is 0 Å². The molecule has 1 aliphatic carbocycles. The van der Waals surface area contributed by atoms with E-state index in [1.165, 1.54) is 69.0 Å². The zero-order valence-corrected chi connectivity index (χ0v) is 65.1. The van der Waals surface area contributed by atoms with Gasteiger partial charge in [0.05, 0.1) is 54.0 Å². The smallest absolute Gasteiger partial charge is 0.410 e. The number of benzene rings is 2. The van der Waals surface area contributed by atoms with E-state index in [2.05, 4.69) is 31.9 Å². The molecule has 29 nitrogen and oxygen atoms in total. The number of unbranched alkanes of at least 4 members (excludes halogenated alkanes) is 2. The number of ketones is 1. The number of Topliss-reactive ketones (excluding diaryl/α,β-unsaturated/α-hetero) is 1. The molecule has 590 valence electrons. The van der Waals surface area contributed by atoms with Crippen molar-refractivity contribution in [3.8, 4) is 0 Å². The van der Waals surface area contributed by atoms with E-state index in [0.29, 0.717) is 49.1 Å². The Morgan fingerprint density at radius 2 is 1.39 bits per heavy atom. The van der Waals surface area contributed by atoms with Gasteiger partial charge in [0.25, 0.3) is 0 Å². The number of carbonyl (C=O) groups excluding carboxylic acids is 13. The molecule has 13 atom stereocenters. The first-order valence-electron chi connectivity index (χ1n) is 36.7. The Hall–Kier alpha value is -8.29.